The third kappa shape index (κ3) is 3.92. The lowest BCUT2D eigenvalue weighted by Gasteiger charge is -2.28. The van der Waals surface area contributed by atoms with Crippen molar-refractivity contribution in [3.8, 4) is 0 Å². The first kappa shape index (κ1) is 23.0. The Labute approximate surface area is 210 Å². The van der Waals surface area contributed by atoms with Crippen molar-refractivity contribution < 1.29 is 9.59 Å². The molecule has 0 radical (unpaired) electrons. The van der Waals surface area contributed by atoms with E-state index < -0.39 is 0 Å². The summed E-state index contributed by atoms with van der Waals surface area (Å²) in [6.45, 7) is 0. The van der Waals surface area contributed by atoms with Gasteiger partial charge in [0.1, 0.15) is 23.3 Å². The Bertz CT molecular complexity index is 1370. The van der Waals surface area contributed by atoms with Gasteiger partial charge < -0.3 is 19.6 Å². The van der Waals surface area contributed by atoms with Crippen LogP contribution in [0, 0.1) is 0 Å². The molecule has 8 nitrogen and oxygen atoms in total. The first-order valence-corrected chi connectivity index (χ1v) is 11.5. The van der Waals surface area contributed by atoms with E-state index in [0.717, 1.165) is 35.3 Å². The number of carbonyl (C=O) groups is 2. The molecular weight excluding hydrogens is 452 g/mol. The molecule has 0 spiro atoms. The van der Waals surface area contributed by atoms with Gasteiger partial charge in [-0.1, -0.05) is 12.1 Å². The predicted octanol–water partition coefficient (Wildman–Crippen LogP) is 5.49. The summed E-state index contributed by atoms with van der Waals surface area (Å²) in [5.74, 6) is 2.50. The van der Waals surface area contributed by atoms with Crippen LogP contribution in [-0.4, -0.2) is 50.7 Å². The van der Waals surface area contributed by atoms with Gasteiger partial charge in [-0.25, -0.2) is 9.97 Å². The number of aldehydes is 2. The Morgan fingerprint density at radius 2 is 0.889 bits per heavy atom. The number of benzene rings is 2. The fraction of sp³-hybridized carbons (Fsp3) is 0.143. The van der Waals surface area contributed by atoms with Gasteiger partial charge in [-0.15, -0.1) is 0 Å². The second-order valence-electron chi connectivity index (χ2n) is 8.68. The Morgan fingerprint density at radius 3 is 1.25 bits per heavy atom. The third-order valence-electron chi connectivity index (χ3n) is 6.57. The van der Waals surface area contributed by atoms with Crippen LogP contribution in [0.4, 0.5) is 46.0 Å². The molecule has 36 heavy (non-hydrogen) atoms. The molecule has 0 fully saturated rings. The minimum Gasteiger partial charge on any atom is -0.329 e. The number of rotatable bonds is 2. The van der Waals surface area contributed by atoms with Crippen molar-refractivity contribution in [2.24, 2.45) is 0 Å². The molecular formula is C28H26N6O2. The lowest BCUT2D eigenvalue weighted by molar-refractivity contribution is 0.111. The minimum absolute atomic E-state index is 0.487. The molecule has 5 rings (SSSR count). The molecule has 1 aliphatic heterocycles. The molecule has 2 aromatic carbocycles. The van der Waals surface area contributed by atoms with Crippen LogP contribution in [0.25, 0.3) is 0 Å². The maximum atomic E-state index is 11.9. The average Bonchev–Trinajstić information content (AvgIpc) is 2.94. The largest absolute Gasteiger partial charge is 0.329 e. The lowest BCUT2D eigenvalue weighted by Crippen LogP contribution is -2.20. The van der Waals surface area contributed by atoms with Gasteiger partial charge in [0.2, 0.25) is 0 Å². The number of fused-ring (bicyclic) bond motifs is 8. The molecule has 2 aromatic heterocycles. The maximum absolute atomic E-state index is 11.9. The van der Waals surface area contributed by atoms with E-state index in [2.05, 4.69) is 0 Å². The molecule has 0 unspecified atom stereocenters. The Morgan fingerprint density at radius 1 is 0.528 bits per heavy atom. The van der Waals surface area contributed by atoms with Crippen LogP contribution in [0.1, 0.15) is 20.7 Å². The molecule has 0 aliphatic carbocycles. The summed E-state index contributed by atoms with van der Waals surface area (Å²) >= 11 is 0. The Kier molecular flexibility index (Phi) is 5.85. The van der Waals surface area contributed by atoms with E-state index >= 15 is 0 Å². The van der Waals surface area contributed by atoms with Crippen LogP contribution >= 0.6 is 0 Å². The number of anilines is 8. The van der Waals surface area contributed by atoms with Crippen molar-refractivity contribution >= 4 is 58.6 Å². The summed E-state index contributed by atoms with van der Waals surface area (Å²) < 4.78 is 0. The van der Waals surface area contributed by atoms with E-state index in [0.29, 0.717) is 34.4 Å². The zero-order valence-corrected chi connectivity index (χ0v) is 20.6. The molecule has 0 saturated heterocycles. The lowest BCUT2D eigenvalue weighted by atomic mass is 10.2. The van der Waals surface area contributed by atoms with Gasteiger partial charge in [0, 0.05) is 50.9 Å². The molecule has 0 amide bonds. The van der Waals surface area contributed by atoms with E-state index in [1.807, 2.05) is 108 Å². The summed E-state index contributed by atoms with van der Waals surface area (Å²) in [6, 6.07) is 23.1. The molecule has 0 atom stereocenters. The molecule has 1 aliphatic rings. The van der Waals surface area contributed by atoms with Crippen LogP contribution in [0.5, 0.6) is 0 Å². The highest BCUT2D eigenvalue weighted by Crippen LogP contribution is 2.35. The van der Waals surface area contributed by atoms with Crippen LogP contribution in [0.3, 0.4) is 0 Å². The normalized spacial score (nSPS) is 13.0. The van der Waals surface area contributed by atoms with E-state index in [1.165, 1.54) is 0 Å². The first-order valence-electron chi connectivity index (χ1n) is 11.5. The Balaban J connectivity index is 1.77. The predicted molar refractivity (Wildman–Crippen MR) is 144 cm³/mol. The monoisotopic (exact) mass is 478 g/mol. The second kappa shape index (κ2) is 9.14. The number of hydrogen-bond donors (Lipinski definition) is 0. The van der Waals surface area contributed by atoms with Gasteiger partial charge in [0.25, 0.3) is 0 Å². The van der Waals surface area contributed by atoms with Crippen LogP contribution < -0.4 is 19.6 Å². The molecule has 4 aromatic rings. The number of pyridine rings is 2. The molecule has 3 heterocycles. The highest BCUT2D eigenvalue weighted by atomic mass is 16.1. The van der Waals surface area contributed by atoms with Gasteiger partial charge in [-0.2, -0.15) is 0 Å². The number of aromatic nitrogens is 2. The van der Waals surface area contributed by atoms with Gasteiger partial charge in [-0.3, -0.25) is 9.59 Å². The molecule has 0 N–H and O–H groups in total. The summed E-state index contributed by atoms with van der Waals surface area (Å²) in [6.07, 6.45) is 1.64. The van der Waals surface area contributed by atoms with E-state index in [4.69, 9.17) is 9.97 Å². The molecule has 180 valence electrons. The quantitative estimate of drug-likeness (QED) is 0.351. The van der Waals surface area contributed by atoms with Gasteiger partial charge >= 0.3 is 0 Å². The maximum Gasteiger partial charge on any atom is 0.153 e. The van der Waals surface area contributed by atoms with Crippen molar-refractivity contribution in [3.63, 3.8) is 0 Å². The SMILES string of the molecule is CN1c2cccc(c2)N(C)c2ccc(C=O)c(n2)N(C)c2cccc(c2)N(C)c2nc1ccc2C=O. The van der Waals surface area contributed by atoms with Crippen molar-refractivity contribution in [1.29, 1.82) is 0 Å². The van der Waals surface area contributed by atoms with Gasteiger partial charge in [0.15, 0.2) is 12.6 Å². The van der Waals surface area contributed by atoms with Crippen molar-refractivity contribution in [3.05, 3.63) is 83.9 Å². The molecule has 8 heteroatoms. The number of hydrogen-bond acceptors (Lipinski definition) is 8. The highest BCUT2D eigenvalue weighted by molar-refractivity contribution is 5.88. The van der Waals surface area contributed by atoms with E-state index in [1.54, 1.807) is 12.1 Å². The fourth-order valence-corrected chi connectivity index (χ4v) is 4.32. The Hall–Kier alpha value is -4.72. The zero-order chi connectivity index (χ0) is 25.4. The highest BCUT2D eigenvalue weighted by Gasteiger charge is 2.19. The van der Waals surface area contributed by atoms with Crippen LogP contribution in [0.2, 0.25) is 0 Å². The third-order valence-corrected chi connectivity index (χ3v) is 6.57. The molecule has 0 saturated carbocycles. The van der Waals surface area contributed by atoms with Crippen LogP contribution in [-0.2, 0) is 0 Å². The fourth-order valence-electron chi connectivity index (χ4n) is 4.32. The van der Waals surface area contributed by atoms with E-state index in [9.17, 15) is 9.59 Å². The minimum atomic E-state index is 0.487. The zero-order valence-electron chi connectivity index (χ0n) is 20.6. The number of nitrogens with zero attached hydrogens (tertiary/aromatic N) is 6. The topological polar surface area (TPSA) is 72.9 Å². The smallest absolute Gasteiger partial charge is 0.153 e. The summed E-state index contributed by atoms with van der Waals surface area (Å²) in [7, 11) is 7.65. The number of carbonyl (C=O) groups excluding carboxylic acids is 2. The van der Waals surface area contributed by atoms with Crippen molar-refractivity contribution in [2.75, 3.05) is 47.8 Å². The van der Waals surface area contributed by atoms with E-state index in [-0.39, 0.29) is 0 Å². The summed E-state index contributed by atoms with van der Waals surface area (Å²) in [5.41, 5.74) is 4.50. The summed E-state index contributed by atoms with van der Waals surface area (Å²) in [5, 5.41) is 0. The van der Waals surface area contributed by atoms with Crippen LogP contribution in [0.15, 0.2) is 72.8 Å². The van der Waals surface area contributed by atoms with Gasteiger partial charge in [-0.05, 0) is 60.7 Å². The average molecular weight is 479 g/mol. The molecule has 8 bridgehead atoms. The van der Waals surface area contributed by atoms with Crippen molar-refractivity contribution in [1.82, 2.24) is 9.97 Å². The standard InChI is InChI=1S/C28H26N6O2/c1-31-21-7-5-8-22(15-21)32(2)26-14-12-20(18-36)28(30-26)34(4)24-10-6-9-23(16-24)33(3)27-19(17-35)11-13-25(31)29-27/h5-18H,1-4H3. The second-order valence-corrected chi connectivity index (χ2v) is 8.68. The van der Waals surface area contributed by atoms with Crippen molar-refractivity contribution in [2.45, 2.75) is 0 Å². The summed E-state index contributed by atoms with van der Waals surface area (Å²) in [4.78, 5) is 41.3. The first-order chi connectivity index (χ1) is 17.4. The van der Waals surface area contributed by atoms with Gasteiger partial charge in [0.05, 0.1) is 11.1 Å².